The van der Waals surface area contributed by atoms with Gasteiger partial charge in [0, 0.05) is 38.9 Å². The topological polar surface area (TPSA) is 86.5 Å². The Bertz CT molecular complexity index is 1840. The molecule has 1 amide bonds. The molecule has 0 atom stereocenters. The van der Waals surface area contributed by atoms with Gasteiger partial charge in [-0.1, -0.05) is 61.2 Å². The molecule has 7 heteroatoms. The van der Waals surface area contributed by atoms with Gasteiger partial charge in [-0.25, -0.2) is 0 Å². The first-order valence-corrected chi connectivity index (χ1v) is 13.8. The molecule has 0 spiro atoms. The molecule has 3 N–H and O–H groups in total. The van der Waals surface area contributed by atoms with E-state index in [9.17, 15) is 4.79 Å². The molecule has 0 aliphatic rings. The number of rotatable bonds is 8. The van der Waals surface area contributed by atoms with Crippen LogP contribution >= 0.6 is 11.3 Å². The van der Waals surface area contributed by atoms with Crippen LogP contribution in [0.5, 0.6) is 0 Å². The van der Waals surface area contributed by atoms with Crippen molar-refractivity contribution in [3.63, 3.8) is 0 Å². The lowest BCUT2D eigenvalue weighted by Crippen LogP contribution is -2.14. The minimum Gasteiger partial charge on any atom is -0.357 e. The van der Waals surface area contributed by atoms with Gasteiger partial charge in [0.15, 0.2) is 0 Å². The summed E-state index contributed by atoms with van der Waals surface area (Å²) in [7, 11) is 0. The van der Waals surface area contributed by atoms with Gasteiger partial charge in [0.05, 0.1) is 29.5 Å². The van der Waals surface area contributed by atoms with Gasteiger partial charge in [0.1, 0.15) is 5.69 Å². The van der Waals surface area contributed by atoms with Gasteiger partial charge in [0.25, 0.3) is 0 Å². The molecule has 0 bridgehead atoms. The van der Waals surface area contributed by atoms with Crippen LogP contribution in [-0.2, 0) is 11.2 Å². The molecule has 0 saturated carbocycles. The van der Waals surface area contributed by atoms with Gasteiger partial charge in [-0.2, -0.15) is 5.10 Å². The molecule has 0 radical (unpaired) electrons. The zero-order chi connectivity index (χ0) is 27.5. The minimum absolute atomic E-state index is 0.0805. The summed E-state index contributed by atoms with van der Waals surface area (Å²) in [6.45, 7) is 5.99. The molecule has 0 aliphatic carbocycles. The van der Waals surface area contributed by atoms with Crippen molar-refractivity contribution in [1.82, 2.24) is 20.2 Å². The summed E-state index contributed by atoms with van der Waals surface area (Å²) in [6, 6.07) is 24.1. The number of carbonyl (C=O) groups is 1. The zero-order valence-electron chi connectivity index (χ0n) is 21.9. The molecule has 6 rings (SSSR count). The molecule has 4 heterocycles. The number of aryl methyl sites for hydroxylation is 1. The third-order valence-electron chi connectivity index (χ3n) is 6.76. The highest BCUT2D eigenvalue weighted by atomic mass is 32.1. The monoisotopic (exact) mass is 541 g/mol. The molecule has 6 aromatic rings. The number of amides is 1. The number of H-pyrrole nitrogens is 2. The fourth-order valence-electron chi connectivity index (χ4n) is 4.87. The van der Waals surface area contributed by atoms with Crippen LogP contribution in [0.15, 0.2) is 109 Å². The van der Waals surface area contributed by atoms with Gasteiger partial charge in [0.2, 0.25) is 5.91 Å². The maximum atomic E-state index is 12.6. The number of hydrogen-bond donors (Lipinski definition) is 3. The third-order valence-corrected chi connectivity index (χ3v) is 7.66. The molecule has 196 valence electrons. The number of fused-ring (bicyclic) bond motifs is 1. The summed E-state index contributed by atoms with van der Waals surface area (Å²) in [5.41, 5.74) is 9.53. The second kappa shape index (κ2) is 11.0. The van der Waals surface area contributed by atoms with Gasteiger partial charge in [-0.15, -0.1) is 11.3 Å². The first kappa shape index (κ1) is 25.3. The second-order valence-electron chi connectivity index (χ2n) is 9.52. The average Bonchev–Trinajstić information content (AvgIpc) is 3.72. The standard InChI is InChI=1S/C33H27N5OS/c1-3-8-26(31-11-7-14-40-31)27-18-30(35-21(27)2)33-28-17-23(12-13-29(28)37-38-33)24-16-25(20-34-19-24)36-32(39)15-22-9-5-4-6-10-22/h3-14,16-20,35H,1,15H2,2H3,(H,36,39)(H,37,38)/b26-8+. The molecule has 4 aromatic heterocycles. The fraction of sp³-hybridized carbons (Fsp3) is 0.0606. The number of aromatic amines is 2. The predicted molar refractivity (Wildman–Crippen MR) is 164 cm³/mol. The highest BCUT2D eigenvalue weighted by Gasteiger charge is 2.17. The Labute approximate surface area is 236 Å². The summed E-state index contributed by atoms with van der Waals surface area (Å²) in [6.07, 6.45) is 7.65. The van der Waals surface area contributed by atoms with Crippen LogP contribution < -0.4 is 5.32 Å². The van der Waals surface area contributed by atoms with Crippen LogP contribution in [0, 0.1) is 6.92 Å². The summed E-state index contributed by atoms with van der Waals surface area (Å²) in [5, 5.41) is 13.9. The maximum absolute atomic E-state index is 12.6. The van der Waals surface area contributed by atoms with Gasteiger partial charge >= 0.3 is 0 Å². The minimum atomic E-state index is -0.0805. The molecular weight excluding hydrogens is 514 g/mol. The van der Waals surface area contributed by atoms with Gasteiger partial charge in [-0.05, 0) is 53.8 Å². The largest absolute Gasteiger partial charge is 0.357 e. The number of anilines is 1. The maximum Gasteiger partial charge on any atom is 0.228 e. The predicted octanol–water partition coefficient (Wildman–Crippen LogP) is 7.79. The van der Waals surface area contributed by atoms with Crippen LogP contribution in [0.4, 0.5) is 5.69 Å². The Morgan fingerprint density at radius 2 is 1.90 bits per heavy atom. The molecule has 6 nitrogen and oxygen atoms in total. The lowest BCUT2D eigenvalue weighted by molar-refractivity contribution is -0.115. The van der Waals surface area contributed by atoms with Crippen molar-refractivity contribution in [2.75, 3.05) is 5.32 Å². The number of pyridine rings is 1. The van der Waals surface area contributed by atoms with E-state index >= 15 is 0 Å². The Balaban J connectivity index is 1.30. The quantitative estimate of drug-likeness (QED) is 0.172. The van der Waals surface area contributed by atoms with Crippen molar-refractivity contribution in [2.45, 2.75) is 13.3 Å². The van der Waals surface area contributed by atoms with Crippen molar-refractivity contribution < 1.29 is 4.79 Å². The van der Waals surface area contributed by atoms with Crippen LogP contribution in [0.2, 0.25) is 0 Å². The number of thiophene rings is 1. The normalized spacial score (nSPS) is 11.6. The molecule has 2 aromatic carbocycles. The zero-order valence-corrected chi connectivity index (χ0v) is 22.8. The lowest BCUT2D eigenvalue weighted by Gasteiger charge is -2.08. The Morgan fingerprint density at radius 3 is 2.70 bits per heavy atom. The highest BCUT2D eigenvalue weighted by Crippen LogP contribution is 2.35. The second-order valence-corrected chi connectivity index (χ2v) is 10.5. The number of hydrogen-bond acceptors (Lipinski definition) is 4. The third kappa shape index (κ3) is 5.15. The van der Waals surface area contributed by atoms with Crippen LogP contribution in [0.1, 0.15) is 21.7 Å². The summed E-state index contributed by atoms with van der Waals surface area (Å²) in [4.78, 5) is 21.7. The molecule has 0 aliphatic heterocycles. The molecular formula is C33H27N5OS. The van der Waals surface area contributed by atoms with E-state index in [1.54, 1.807) is 23.7 Å². The molecule has 40 heavy (non-hydrogen) atoms. The van der Waals surface area contributed by atoms with Crippen molar-refractivity contribution >= 4 is 39.4 Å². The summed E-state index contributed by atoms with van der Waals surface area (Å²) < 4.78 is 0. The van der Waals surface area contributed by atoms with E-state index < -0.39 is 0 Å². The smallest absolute Gasteiger partial charge is 0.228 e. The van der Waals surface area contributed by atoms with Crippen molar-refractivity contribution in [3.8, 4) is 22.5 Å². The van der Waals surface area contributed by atoms with Crippen molar-refractivity contribution in [3.05, 3.63) is 131 Å². The van der Waals surface area contributed by atoms with E-state index in [0.717, 1.165) is 55.8 Å². The Hall–Kier alpha value is -5.01. The number of allylic oxidation sites excluding steroid dienone is 2. The summed E-state index contributed by atoms with van der Waals surface area (Å²) in [5.74, 6) is -0.0805. The molecule has 0 saturated heterocycles. The Morgan fingerprint density at radius 1 is 1.02 bits per heavy atom. The summed E-state index contributed by atoms with van der Waals surface area (Å²) >= 11 is 1.70. The molecule has 0 unspecified atom stereocenters. The number of nitrogens with one attached hydrogen (secondary N) is 3. The number of benzene rings is 2. The first-order valence-electron chi connectivity index (χ1n) is 12.9. The molecule has 0 fully saturated rings. The van der Waals surface area contributed by atoms with Crippen LogP contribution in [0.25, 0.3) is 39.0 Å². The number of aromatic nitrogens is 4. The van der Waals surface area contributed by atoms with Gasteiger partial charge < -0.3 is 10.3 Å². The van der Waals surface area contributed by atoms with Crippen LogP contribution in [0.3, 0.4) is 0 Å². The number of carbonyl (C=O) groups excluding carboxylic acids is 1. The van der Waals surface area contributed by atoms with E-state index in [0.29, 0.717) is 12.1 Å². The highest BCUT2D eigenvalue weighted by molar-refractivity contribution is 7.11. The van der Waals surface area contributed by atoms with E-state index in [1.165, 1.54) is 4.88 Å². The number of nitrogens with zero attached hydrogens (tertiary/aromatic N) is 2. The SMILES string of the molecule is C=C/C=C(/c1cccs1)c1cc(-c2n[nH]c3ccc(-c4cncc(NC(=O)Cc5ccccc5)c4)cc23)[nH]c1C. The fourth-order valence-corrected chi connectivity index (χ4v) is 5.64. The lowest BCUT2D eigenvalue weighted by atomic mass is 10.0. The van der Waals surface area contributed by atoms with E-state index in [4.69, 9.17) is 0 Å². The van der Waals surface area contributed by atoms with Crippen LogP contribution in [-0.4, -0.2) is 26.1 Å². The Kier molecular flexibility index (Phi) is 6.95. The first-order chi connectivity index (χ1) is 19.6. The van der Waals surface area contributed by atoms with Crippen molar-refractivity contribution in [2.24, 2.45) is 0 Å². The van der Waals surface area contributed by atoms with Gasteiger partial charge in [-0.3, -0.25) is 14.9 Å². The van der Waals surface area contributed by atoms with Crippen molar-refractivity contribution in [1.29, 1.82) is 0 Å². The average molecular weight is 542 g/mol. The van der Waals surface area contributed by atoms with E-state index in [-0.39, 0.29) is 5.91 Å². The van der Waals surface area contributed by atoms with E-state index in [1.807, 2.05) is 60.7 Å². The van der Waals surface area contributed by atoms with E-state index in [2.05, 4.69) is 68.6 Å².